The number of aliphatic hydroxyl groups is 1. The summed E-state index contributed by atoms with van der Waals surface area (Å²) in [5.74, 6) is 0. The molecule has 0 aromatic carbocycles. The van der Waals surface area contributed by atoms with Gasteiger partial charge in [-0.2, -0.15) is 0 Å². The molecule has 0 bridgehead atoms. The molecule has 3 nitrogen and oxygen atoms in total. The van der Waals surface area contributed by atoms with Crippen molar-refractivity contribution in [3.63, 3.8) is 0 Å². The van der Waals surface area contributed by atoms with Crippen LogP contribution in [0.2, 0.25) is 0 Å². The highest BCUT2D eigenvalue weighted by Crippen LogP contribution is 2.26. The molecular weight excluding hydrogens is 238 g/mol. The van der Waals surface area contributed by atoms with Gasteiger partial charge in [0.2, 0.25) is 0 Å². The molecule has 2 N–H and O–H groups in total. The van der Waals surface area contributed by atoms with Gasteiger partial charge in [-0.05, 0) is 25.7 Å². The zero-order valence-electron chi connectivity index (χ0n) is 13.1. The van der Waals surface area contributed by atoms with Crippen LogP contribution in [0.15, 0.2) is 5.16 Å². The molecule has 19 heavy (non-hydrogen) atoms. The Morgan fingerprint density at radius 2 is 1.42 bits per heavy atom. The predicted octanol–water partition coefficient (Wildman–Crippen LogP) is 4.90. The molecule has 0 fully saturated rings. The largest absolute Gasteiger partial charge is 0.411 e. The van der Waals surface area contributed by atoms with Crippen LogP contribution in [0, 0.1) is 0 Å². The molecule has 3 heteroatoms. The number of hydrogen-bond donors (Lipinski definition) is 2. The second-order valence-electron chi connectivity index (χ2n) is 5.60. The van der Waals surface area contributed by atoms with Crippen LogP contribution in [0.5, 0.6) is 0 Å². The lowest BCUT2D eigenvalue weighted by atomic mass is 9.84. The number of hydrogen-bond acceptors (Lipinski definition) is 3. The van der Waals surface area contributed by atoms with E-state index in [0.717, 1.165) is 51.4 Å². The van der Waals surface area contributed by atoms with Gasteiger partial charge in [-0.3, -0.25) is 0 Å². The van der Waals surface area contributed by atoms with Crippen molar-refractivity contribution < 1.29 is 10.3 Å². The van der Waals surface area contributed by atoms with E-state index in [9.17, 15) is 10.3 Å². The van der Waals surface area contributed by atoms with E-state index in [0.29, 0.717) is 12.1 Å². The molecule has 0 aliphatic heterocycles. The van der Waals surface area contributed by atoms with E-state index in [1.165, 1.54) is 12.8 Å². The van der Waals surface area contributed by atoms with Crippen molar-refractivity contribution in [1.82, 2.24) is 0 Å². The second-order valence-corrected chi connectivity index (χ2v) is 5.60. The predicted molar refractivity (Wildman–Crippen MR) is 82.0 cm³/mol. The standard InChI is InChI=1S/C16H33NO2/c1-4-7-10-11-14-16(18,13-9-6-3)15(17-19)12-8-5-2/h18-19H,4-14H2,1-3H3/b17-15-. The zero-order chi connectivity index (χ0) is 14.6. The van der Waals surface area contributed by atoms with E-state index in [2.05, 4.69) is 25.9 Å². The van der Waals surface area contributed by atoms with Crippen molar-refractivity contribution in [2.45, 2.75) is 97.0 Å². The Hall–Kier alpha value is -0.570. The third kappa shape index (κ3) is 7.56. The summed E-state index contributed by atoms with van der Waals surface area (Å²) in [6.07, 6.45) is 10.8. The van der Waals surface area contributed by atoms with Gasteiger partial charge >= 0.3 is 0 Å². The van der Waals surface area contributed by atoms with Gasteiger partial charge in [-0.25, -0.2) is 0 Å². The first kappa shape index (κ1) is 18.4. The van der Waals surface area contributed by atoms with Crippen molar-refractivity contribution in [2.75, 3.05) is 0 Å². The molecule has 0 aliphatic carbocycles. The molecule has 0 rings (SSSR count). The summed E-state index contributed by atoms with van der Waals surface area (Å²) in [5, 5.41) is 23.5. The highest BCUT2D eigenvalue weighted by atomic mass is 16.4. The van der Waals surface area contributed by atoms with Gasteiger partial charge in [0, 0.05) is 0 Å². The maximum atomic E-state index is 10.8. The molecule has 0 aromatic rings. The Kier molecular flexibility index (Phi) is 10.9. The minimum absolute atomic E-state index is 0.597. The Labute approximate surface area is 119 Å². The number of nitrogens with zero attached hydrogens (tertiary/aromatic N) is 1. The van der Waals surface area contributed by atoms with Crippen LogP contribution in [0.25, 0.3) is 0 Å². The smallest absolute Gasteiger partial charge is 0.106 e. The van der Waals surface area contributed by atoms with Crippen LogP contribution in [-0.2, 0) is 0 Å². The molecule has 1 unspecified atom stereocenters. The van der Waals surface area contributed by atoms with Crippen LogP contribution in [0.4, 0.5) is 0 Å². The Morgan fingerprint density at radius 1 is 0.842 bits per heavy atom. The van der Waals surface area contributed by atoms with Crippen molar-refractivity contribution in [2.24, 2.45) is 5.16 Å². The highest BCUT2D eigenvalue weighted by Gasteiger charge is 2.32. The molecular formula is C16H33NO2. The summed E-state index contributed by atoms with van der Waals surface area (Å²) < 4.78 is 0. The van der Waals surface area contributed by atoms with Crippen molar-refractivity contribution in [1.29, 1.82) is 0 Å². The first-order valence-corrected chi connectivity index (χ1v) is 8.08. The molecule has 0 amide bonds. The Balaban J connectivity index is 4.53. The molecule has 114 valence electrons. The molecule has 0 saturated carbocycles. The zero-order valence-corrected chi connectivity index (χ0v) is 13.1. The topological polar surface area (TPSA) is 52.8 Å². The quantitative estimate of drug-likeness (QED) is 0.229. The lowest BCUT2D eigenvalue weighted by molar-refractivity contribution is 0.0805. The van der Waals surface area contributed by atoms with E-state index in [-0.39, 0.29) is 0 Å². The maximum absolute atomic E-state index is 10.8. The average molecular weight is 271 g/mol. The second kappa shape index (κ2) is 11.3. The molecule has 0 aromatic heterocycles. The van der Waals surface area contributed by atoms with Crippen molar-refractivity contribution in [3.8, 4) is 0 Å². The summed E-state index contributed by atoms with van der Waals surface area (Å²) >= 11 is 0. The van der Waals surface area contributed by atoms with E-state index in [1.807, 2.05) is 0 Å². The third-order valence-corrected chi connectivity index (χ3v) is 3.81. The Morgan fingerprint density at radius 3 is 1.95 bits per heavy atom. The van der Waals surface area contributed by atoms with E-state index in [4.69, 9.17) is 0 Å². The lowest BCUT2D eigenvalue weighted by Crippen LogP contribution is -2.38. The summed E-state index contributed by atoms with van der Waals surface area (Å²) in [6.45, 7) is 6.42. The SMILES string of the molecule is CCCCCCC(O)(CCCC)/C(CCCC)=N\O. The highest BCUT2D eigenvalue weighted by molar-refractivity contribution is 5.91. The minimum Gasteiger partial charge on any atom is -0.411 e. The van der Waals surface area contributed by atoms with Crippen molar-refractivity contribution >= 4 is 5.71 Å². The van der Waals surface area contributed by atoms with Crippen LogP contribution in [0.3, 0.4) is 0 Å². The Bertz CT molecular complexity index is 241. The summed E-state index contributed by atoms with van der Waals surface area (Å²) in [7, 11) is 0. The van der Waals surface area contributed by atoms with Gasteiger partial charge in [-0.15, -0.1) is 0 Å². The molecule has 0 spiro atoms. The van der Waals surface area contributed by atoms with E-state index in [1.54, 1.807) is 0 Å². The number of unbranched alkanes of at least 4 members (excludes halogenated alkanes) is 5. The van der Waals surface area contributed by atoms with Gasteiger partial charge in [-0.1, -0.05) is 70.9 Å². The van der Waals surface area contributed by atoms with Gasteiger partial charge in [0.15, 0.2) is 0 Å². The summed E-state index contributed by atoms with van der Waals surface area (Å²) in [6, 6.07) is 0. The van der Waals surface area contributed by atoms with Crippen molar-refractivity contribution in [3.05, 3.63) is 0 Å². The van der Waals surface area contributed by atoms with Crippen LogP contribution < -0.4 is 0 Å². The van der Waals surface area contributed by atoms with E-state index >= 15 is 0 Å². The van der Waals surface area contributed by atoms with Gasteiger partial charge in [0.1, 0.15) is 5.60 Å². The molecule has 0 aliphatic rings. The molecule has 0 radical (unpaired) electrons. The molecule has 0 heterocycles. The lowest BCUT2D eigenvalue weighted by Gasteiger charge is -2.29. The summed E-state index contributed by atoms with van der Waals surface area (Å²) in [5.41, 5.74) is -0.285. The maximum Gasteiger partial charge on any atom is 0.106 e. The average Bonchev–Trinajstić information content (AvgIpc) is 2.42. The third-order valence-electron chi connectivity index (χ3n) is 3.81. The number of rotatable bonds is 12. The fourth-order valence-corrected chi connectivity index (χ4v) is 2.45. The van der Waals surface area contributed by atoms with Gasteiger partial charge < -0.3 is 10.3 Å². The van der Waals surface area contributed by atoms with Gasteiger partial charge in [0.05, 0.1) is 5.71 Å². The summed E-state index contributed by atoms with van der Waals surface area (Å²) in [4.78, 5) is 0. The first-order chi connectivity index (χ1) is 9.14. The van der Waals surface area contributed by atoms with Crippen LogP contribution in [0.1, 0.15) is 91.4 Å². The van der Waals surface area contributed by atoms with Crippen LogP contribution in [-0.4, -0.2) is 21.6 Å². The van der Waals surface area contributed by atoms with E-state index < -0.39 is 5.60 Å². The number of oxime groups is 1. The first-order valence-electron chi connectivity index (χ1n) is 8.08. The normalized spacial score (nSPS) is 15.5. The monoisotopic (exact) mass is 271 g/mol. The fourth-order valence-electron chi connectivity index (χ4n) is 2.45. The fraction of sp³-hybridized carbons (Fsp3) is 0.938. The molecule has 1 atom stereocenters. The minimum atomic E-state index is -0.881. The molecule has 0 saturated heterocycles. The van der Waals surface area contributed by atoms with Gasteiger partial charge in [0.25, 0.3) is 0 Å². The van der Waals surface area contributed by atoms with Crippen LogP contribution >= 0.6 is 0 Å².